The molecule has 0 spiro atoms. The van der Waals surface area contributed by atoms with Crippen LogP contribution in [0.2, 0.25) is 0 Å². The average molecular weight is 412 g/mol. The molecule has 0 radical (unpaired) electrons. The number of benzene rings is 1. The molecule has 148 valence electrons. The van der Waals surface area contributed by atoms with Crippen molar-refractivity contribution in [1.82, 2.24) is 9.97 Å². The number of anilines is 1. The van der Waals surface area contributed by atoms with E-state index in [1.807, 2.05) is 6.92 Å². The maximum atomic E-state index is 13.0. The number of pyridine rings is 1. The van der Waals surface area contributed by atoms with Gasteiger partial charge in [0, 0.05) is 17.3 Å². The molecule has 3 rings (SSSR count). The molecular formula is C19H17FN6O2S. The molecule has 0 aliphatic carbocycles. The number of rotatable bonds is 7. The molecule has 1 amide bonds. The predicted octanol–water partition coefficient (Wildman–Crippen LogP) is 3.31. The molecule has 0 aliphatic heterocycles. The van der Waals surface area contributed by atoms with E-state index in [0.717, 1.165) is 6.34 Å². The minimum absolute atomic E-state index is 0.131. The van der Waals surface area contributed by atoms with Crippen LogP contribution in [-0.2, 0) is 0 Å². The SMILES string of the molecule is CCOc1nc(-c2ccnc(NC(=O)c3ccc(F)cc3)c2)sc1C(N)=NC=N. The van der Waals surface area contributed by atoms with Crippen molar-refractivity contribution in [2.75, 3.05) is 11.9 Å². The monoisotopic (exact) mass is 412 g/mol. The minimum atomic E-state index is -0.419. The first-order valence-electron chi connectivity index (χ1n) is 8.51. The highest BCUT2D eigenvalue weighted by atomic mass is 32.1. The molecule has 3 aromatic rings. The summed E-state index contributed by atoms with van der Waals surface area (Å²) in [6, 6.07) is 8.60. The quantitative estimate of drug-likeness (QED) is 0.405. The van der Waals surface area contributed by atoms with Crippen LogP contribution in [0.15, 0.2) is 47.6 Å². The first-order chi connectivity index (χ1) is 14.0. The number of nitrogens with one attached hydrogen (secondary N) is 2. The summed E-state index contributed by atoms with van der Waals surface area (Å²) in [7, 11) is 0. The lowest BCUT2D eigenvalue weighted by Gasteiger charge is -2.05. The van der Waals surface area contributed by atoms with Gasteiger partial charge in [-0.1, -0.05) is 0 Å². The Morgan fingerprint density at radius 3 is 2.83 bits per heavy atom. The number of aromatic nitrogens is 2. The third-order valence-corrected chi connectivity index (χ3v) is 4.78. The molecule has 0 fully saturated rings. The maximum Gasteiger partial charge on any atom is 0.256 e. The topological polar surface area (TPSA) is 126 Å². The molecule has 0 unspecified atom stereocenters. The van der Waals surface area contributed by atoms with Crippen LogP contribution in [0, 0.1) is 11.2 Å². The highest BCUT2D eigenvalue weighted by Crippen LogP contribution is 2.33. The van der Waals surface area contributed by atoms with Crippen molar-refractivity contribution in [1.29, 1.82) is 5.41 Å². The molecule has 2 heterocycles. The van der Waals surface area contributed by atoms with E-state index >= 15 is 0 Å². The molecule has 0 aliphatic rings. The molecule has 0 saturated heterocycles. The summed E-state index contributed by atoms with van der Waals surface area (Å²) in [5, 5.41) is 10.3. The fourth-order valence-electron chi connectivity index (χ4n) is 2.38. The Balaban J connectivity index is 1.88. The lowest BCUT2D eigenvalue weighted by molar-refractivity contribution is 0.102. The number of halogens is 1. The van der Waals surface area contributed by atoms with Gasteiger partial charge in [-0.15, -0.1) is 11.3 Å². The van der Waals surface area contributed by atoms with Crippen molar-refractivity contribution in [2.45, 2.75) is 6.92 Å². The van der Waals surface area contributed by atoms with Crippen LogP contribution >= 0.6 is 11.3 Å². The molecule has 1 aromatic carbocycles. The molecule has 2 aromatic heterocycles. The van der Waals surface area contributed by atoms with Crippen LogP contribution in [0.3, 0.4) is 0 Å². The summed E-state index contributed by atoms with van der Waals surface area (Å²) in [5.74, 6) is -0.0629. The summed E-state index contributed by atoms with van der Waals surface area (Å²) in [4.78, 5) is 25.2. The van der Waals surface area contributed by atoms with Crippen molar-refractivity contribution in [2.24, 2.45) is 10.7 Å². The molecule has 4 N–H and O–H groups in total. The van der Waals surface area contributed by atoms with Crippen molar-refractivity contribution in [3.8, 4) is 16.5 Å². The first kappa shape index (κ1) is 20.1. The summed E-state index contributed by atoms with van der Waals surface area (Å²) >= 11 is 1.25. The second-order valence-electron chi connectivity index (χ2n) is 5.62. The molecule has 0 saturated carbocycles. The van der Waals surface area contributed by atoms with Gasteiger partial charge in [-0.25, -0.2) is 19.4 Å². The zero-order valence-corrected chi connectivity index (χ0v) is 16.2. The zero-order valence-electron chi connectivity index (χ0n) is 15.3. The van der Waals surface area contributed by atoms with Crippen molar-refractivity contribution in [3.05, 3.63) is 58.9 Å². The fraction of sp³-hybridized carbons (Fsp3) is 0.105. The van der Waals surface area contributed by atoms with E-state index < -0.39 is 11.7 Å². The Bertz CT molecular complexity index is 1060. The van der Waals surface area contributed by atoms with Crippen LogP contribution < -0.4 is 15.8 Å². The van der Waals surface area contributed by atoms with Gasteiger partial charge in [0.2, 0.25) is 5.88 Å². The van der Waals surface area contributed by atoms with Gasteiger partial charge in [0.15, 0.2) is 0 Å². The lowest BCUT2D eigenvalue weighted by Crippen LogP contribution is -2.13. The fourth-order valence-corrected chi connectivity index (χ4v) is 3.29. The zero-order chi connectivity index (χ0) is 20.8. The van der Waals surface area contributed by atoms with Gasteiger partial charge in [-0.3, -0.25) is 10.2 Å². The highest BCUT2D eigenvalue weighted by Gasteiger charge is 2.17. The summed E-state index contributed by atoms with van der Waals surface area (Å²) in [6.07, 6.45) is 2.38. The Kier molecular flexibility index (Phi) is 6.25. The number of ether oxygens (including phenoxy) is 1. The van der Waals surface area contributed by atoms with Gasteiger partial charge in [0.25, 0.3) is 5.91 Å². The predicted molar refractivity (Wildman–Crippen MR) is 110 cm³/mol. The number of nitrogens with two attached hydrogens (primary N) is 1. The van der Waals surface area contributed by atoms with E-state index in [1.54, 1.807) is 12.1 Å². The van der Waals surface area contributed by atoms with Crippen molar-refractivity contribution in [3.63, 3.8) is 0 Å². The Labute approximate surface area is 169 Å². The third kappa shape index (κ3) is 4.79. The second kappa shape index (κ2) is 9.02. The standard InChI is InChI=1S/C19H17FN6O2S/c1-2-28-18-15(16(22)24-10-21)29-19(26-18)12-7-8-23-14(9-12)25-17(27)11-3-5-13(20)6-4-11/h3-10H,2H2,1H3,(H3,21,22,24)(H,23,25,27). The van der Waals surface area contributed by atoms with Gasteiger partial charge in [0.1, 0.15) is 33.7 Å². The van der Waals surface area contributed by atoms with Gasteiger partial charge in [0.05, 0.1) is 6.61 Å². The number of aliphatic imine (C=N–C) groups is 1. The Hall–Kier alpha value is -3.66. The maximum absolute atomic E-state index is 13.0. The Morgan fingerprint density at radius 2 is 2.14 bits per heavy atom. The molecule has 10 heteroatoms. The highest BCUT2D eigenvalue weighted by molar-refractivity contribution is 7.17. The number of amides is 1. The van der Waals surface area contributed by atoms with Gasteiger partial charge in [-0.2, -0.15) is 0 Å². The number of hydrogen-bond acceptors (Lipinski definition) is 6. The summed E-state index contributed by atoms with van der Waals surface area (Å²) in [6.45, 7) is 2.21. The van der Waals surface area contributed by atoms with Crippen LogP contribution in [0.25, 0.3) is 10.6 Å². The summed E-state index contributed by atoms with van der Waals surface area (Å²) in [5.41, 5.74) is 6.89. The van der Waals surface area contributed by atoms with E-state index in [-0.39, 0.29) is 5.84 Å². The number of hydrogen-bond donors (Lipinski definition) is 3. The average Bonchev–Trinajstić information content (AvgIpc) is 3.13. The molecule has 8 nitrogen and oxygen atoms in total. The lowest BCUT2D eigenvalue weighted by atomic mass is 10.2. The van der Waals surface area contributed by atoms with Crippen LogP contribution in [-0.4, -0.2) is 34.7 Å². The molecule has 0 bridgehead atoms. The third-order valence-electron chi connectivity index (χ3n) is 3.67. The molecule has 29 heavy (non-hydrogen) atoms. The van der Waals surface area contributed by atoms with E-state index in [1.165, 1.54) is 41.8 Å². The van der Waals surface area contributed by atoms with Crippen molar-refractivity contribution < 1.29 is 13.9 Å². The number of thiazole rings is 1. The normalized spacial score (nSPS) is 11.2. The van der Waals surface area contributed by atoms with Gasteiger partial charge >= 0.3 is 0 Å². The van der Waals surface area contributed by atoms with Crippen LogP contribution in [0.4, 0.5) is 10.2 Å². The number of carbonyl (C=O) groups excluding carboxylic acids is 1. The molecule has 0 atom stereocenters. The van der Waals surface area contributed by atoms with Gasteiger partial charge in [-0.05, 0) is 43.3 Å². The largest absolute Gasteiger partial charge is 0.477 e. The van der Waals surface area contributed by atoms with E-state index in [4.69, 9.17) is 15.9 Å². The van der Waals surface area contributed by atoms with E-state index in [9.17, 15) is 9.18 Å². The van der Waals surface area contributed by atoms with E-state index in [2.05, 4.69) is 20.3 Å². The number of nitrogens with zero attached hydrogens (tertiary/aromatic N) is 3. The summed E-state index contributed by atoms with van der Waals surface area (Å²) < 4.78 is 18.5. The van der Waals surface area contributed by atoms with E-state index in [0.29, 0.717) is 39.3 Å². The second-order valence-corrected chi connectivity index (χ2v) is 6.62. The minimum Gasteiger partial charge on any atom is -0.477 e. The molecular weight excluding hydrogens is 395 g/mol. The number of amidine groups is 1. The van der Waals surface area contributed by atoms with Crippen LogP contribution in [0.1, 0.15) is 22.2 Å². The Morgan fingerprint density at radius 1 is 1.38 bits per heavy atom. The number of carbonyl (C=O) groups is 1. The van der Waals surface area contributed by atoms with Crippen LogP contribution in [0.5, 0.6) is 5.88 Å². The van der Waals surface area contributed by atoms with Crippen molar-refractivity contribution >= 4 is 35.2 Å². The van der Waals surface area contributed by atoms with Gasteiger partial charge < -0.3 is 15.8 Å². The first-order valence-corrected chi connectivity index (χ1v) is 9.33. The smallest absolute Gasteiger partial charge is 0.256 e.